The average Bonchev–Trinajstić information content (AvgIpc) is 3.32. The number of carbonyl (C=O) groups is 1. The zero-order valence-electron chi connectivity index (χ0n) is 15.9. The molecule has 1 amide bonds. The van der Waals surface area contributed by atoms with Crippen LogP contribution in [-0.4, -0.2) is 27.3 Å². The minimum Gasteiger partial charge on any atom is -0.464 e. The van der Waals surface area contributed by atoms with Gasteiger partial charge in [0.05, 0.1) is 17.4 Å². The lowest BCUT2D eigenvalue weighted by molar-refractivity contribution is -0.119. The molecular weight excluding hydrogens is 394 g/mol. The third kappa shape index (κ3) is 4.39. The molecular formula is C20H23N3O3S2. The lowest BCUT2D eigenvalue weighted by Gasteiger charge is -2.13. The van der Waals surface area contributed by atoms with Crippen molar-refractivity contribution in [3.63, 3.8) is 0 Å². The molecule has 0 aromatic carbocycles. The number of aromatic nitrogens is 2. The van der Waals surface area contributed by atoms with E-state index in [1.165, 1.54) is 23.1 Å². The van der Waals surface area contributed by atoms with E-state index < -0.39 is 0 Å². The van der Waals surface area contributed by atoms with Crippen LogP contribution in [0, 0.1) is 0 Å². The fourth-order valence-corrected chi connectivity index (χ4v) is 4.76. The van der Waals surface area contributed by atoms with Crippen molar-refractivity contribution in [2.24, 2.45) is 0 Å². The molecule has 1 atom stereocenters. The molecule has 0 saturated heterocycles. The summed E-state index contributed by atoms with van der Waals surface area (Å²) in [6, 6.07) is 3.75. The van der Waals surface area contributed by atoms with Crippen LogP contribution in [0.25, 0.3) is 21.5 Å². The molecule has 3 rings (SSSR count). The fourth-order valence-electron chi connectivity index (χ4n) is 2.97. The summed E-state index contributed by atoms with van der Waals surface area (Å²) in [5.41, 5.74) is 0.586. The van der Waals surface area contributed by atoms with E-state index in [0.717, 1.165) is 18.4 Å². The van der Waals surface area contributed by atoms with Crippen molar-refractivity contribution >= 4 is 39.2 Å². The van der Waals surface area contributed by atoms with E-state index in [-0.39, 0.29) is 23.3 Å². The second-order valence-corrected chi connectivity index (χ2v) is 8.25. The Labute approximate surface area is 171 Å². The van der Waals surface area contributed by atoms with Gasteiger partial charge < -0.3 is 9.73 Å². The van der Waals surface area contributed by atoms with Crippen molar-refractivity contribution in [1.29, 1.82) is 0 Å². The van der Waals surface area contributed by atoms with E-state index >= 15 is 0 Å². The Morgan fingerprint density at radius 2 is 2.36 bits per heavy atom. The van der Waals surface area contributed by atoms with Crippen LogP contribution in [0.5, 0.6) is 0 Å². The van der Waals surface area contributed by atoms with Gasteiger partial charge in [0, 0.05) is 23.5 Å². The number of nitrogens with one attached hydrogen (secondary N) is 1. The number of fused-ring (bicyclic) bond motifs is 1. The first-order valence-electron chi connectivity index (χ1n) is 9.14. The smallest absolute Gasteiger partial charge is 0.263 e. The quantitative estimate of drug-likeness (QED) is 0.319. The molecule has 6 nitrogen and oxygen atoms in total. The van der Waals surface area contributed by atoms with Gasteiger partial charge in [0.25, 0.3) is 5.56 Å². The van der Waals surface area contributed by atoms with Crippen LogP contribution in [0.1, 0.15) is 26.7 Å². The van der Waals surface area contributed by atoms with Gasteiger partial charge in [-0.3, -0.25) is 14.2 Å². The number of amides is 1. The third-order valence-electron chi connectivity index (χ3n) is 4.22. The molecule has 1 N–H and O–H groups in total. The molecule has 1 unspecified atom stereocenters. The number of nitrogens with zero attached hydrogens (tertiary/aromatic N) is 2. The summed E-state index contributed by atoms with van der Waals surface area (Å²) in [6.07, 6.45) is 5.19. The van der Waals surface area contributed by atoms with Crippen molar-refractivity contribution in [3.8, 4) is 11.3 Å². The molecule has 3 aromatic heterocycles. The van der Waals surface area contributed by atoms with Gasteiger partial charge in [-0.05, 0) is 25.5 Å². The number of rotatable bonds is 9. The molecule has 28 heavy (non-hydrogen) atoms. The molecule has 148 valence electrons. The molecule has 0 fully saturated rings. The highest BCUT2D eigenvalue weighted by Crippen LogP contribution is 2.32. The summed E-state index contributed by atoms with van der Waals surface area (Å²) < 4.78 is 7.02. The number of thioether (sulfide) groups is 1. The minimum absolute atomic E-state index is 0.0621. The van der Waals surface area contributed by atoms with Gasteiger partial charge in [-0.2, -0.15) is 0 Å². The second-order valence-electron chi connectivity index (χ2n) is 6.45. The Balaban J connectivity index is 1.90. The highest BCUT2D eigenvalue weighted by molar-refractivity contribution is 7.99. The Morgan fingerprint density at radius 3 is 3.04 bits per heavy atom. The van der Waals surface area contributed by atoms with Gasteiger partial charge >= 0.3 is 0 Å². The normalized spacial score (nSPS) is 12.2. The van der Waals surface area contributed by atoms with Gasteiger partial charge in [-0.15, -0.1) is 17.9 Å². The summed E-state index contributed by atoms with van der Waals surface area (Å²) in [5.74, 6) is 0.785. The SMILES string of the molecule is C=CCn1c(SCC(=O)NC(C)CCC)nc2scc(-c3ccco3)c2c1=O. The van der Waals surface area contributed by atoms with Crippen molar-refractivity contribution < 1.29 is 9.21 Å². The predicted molar refractivity (Wildman–Crippen MR) is 115 cm³/mol. The van der Waals surface area contributed by atoms with E-state index in [0.29, 0.717) is 27.7 Å². The second kappa shape index (κ2) is 9.25. The maximum Gasteiger partial charge on any atom is 0.263 e. The number of allylic oxidation sites excluding steroid dienone is 1. The monoisotopic (exact) mass is 417 g/mol. The van der Waals surface area contributed by atoms with Gasteiger partial charge in [0.1, 0.15) is 10.6 Å². The topological polar surface area (TPSA) is 77.1 Å². The van der Waals surface area contributed by atoms with Gasteiger partial charge in [0.15, 0.2) is 5.16 Å². The lowest BCUT2D eigenvalue weighted by Crippen LogP contribution is -2.34. The Hall–Kier alpha value is -2.32. The zero-order valence-corrected chi connectivity index (χ0v) is 17.6. The van der Waals surface area contributed by atoms with Crippen molar-refractivity contribution in [1.82, 2.24) is 14.9 Å². The molecule has 0 aliphatic rings. The van der Waals surface area contributed by atoms with Crippen LogP contribution in [0.2, 0.25) is 0 Å². The number of hydrogen-bond acceptors (Lipinski definition) is 6. The molecule has 0 saturated carbocycles. The van der Waals surface area contributed by atoms with E-state index in [2.05, 4.69) is 23.8 Å². The van der Waals surface area contributed by atoms with Crippen LogP contribution in [0.4, 0.5) is 0 Å². The van der Waals surface area contributed by atoms with Gasteiger partial charge in [0.2, 0.25) is 5.91 Å². The summed E-state index contributed by atoms with van der Waals surface area (Å²) >= 11 is 2.66. The van der Waals surface area contributed by atoms with Crippen molar-refractivity contribution in [2.75, 3.05) is 5.75 Å². The van der Waals surface area contributed by atoms with E-state index in [4.69, 9.17) is 4.42 Å². The average molecular weight is 418 g/mol. The highest BCUT2D eigenvalue weighted by Gasteiger charge is 2.19. The van der Waals surface area contributed by atoms with Crippen LogP contribution in [0.15, 0.2) is 50.8 Å². The van der Waals surface area contributed by atoms with Crippen molar-refractivity contribution in [2.45, 2.75) is 44.4 Å². The van der Waals surface area contributed by atoms with Crippen LogP contribution in [-0.2, 0) is 11.3 Å². The highest BCUT2D eigenvalue weighted by atomic mass is 32.2. The standard InChI is InChI=1S/C20H23N3O3S2/c1-4-7-13(3)21-16(24)12-28-20-22-18-17(19(25)23(20)9-5-2)14(11-27-18)15-8-6-10-26-15/h5-6,8,10-11,13H,2,4,7,9,12H2,1,3H3,(H,21,24). The number of hydrogen-bond donors (Lipinski definition) is 1. The molecule has 0 spiro atoms. The Morgan fingerprint density at radius 1 is 1.54 bits per heavy atom. The summed E-state index contributed by atoms with van der Waals surface area (Å²) in [5, 5.41) is 5.90. The molecule has 3 aromatic rings. The first-order valence-corrected chi connectivity index (χ1v) is 11.0. The van der Waals surface area contributed by atoms with Crippen LogP contribution >= 0.6 is 23.1 Å². The van der Waals surface area contributed by atoms with Crippen LogP contribution < -0.4 is 10.9 Å². The summed E-state index contributed by atoms with van der Waals surface area (Å²) in [6.45, 7) is 8.14. The van der Waals surface area contributed by atoms with E-state index in [1.54, 1.807) is 23.0 Å². The molecule has 0 radical (unpaired) electrons. The first-order chi connectivity index (χ1) is 13.5. The molecule has 3 heterocycles. The third-order valence-corrected chi connectivity index (χ3v) is 6.07. The number of thiophene rings is 1. The number of furan rings is 1. The van der Waals surface area contributed by atoms with Gasteiger partial charge in [-0.1, -0.05) is 31.2 Å². The Bertz CT molecular complexity index is 1020. The molecule has 0 aliphatic carbocycles. The Kier molecular flexibility index (Phi) is 6.74. The molecule has 0 aliphatic heterocycles. The maximum absolute atomic E-state index is 13.2. The van der Waals surface area contributed by atoms with Crippen molar-refractivity contribution in [3.05, 3.63) is 46.8 Å². The largest absolute Gasteiger partial charge is 0.464 e. The summed E-state index contributed by atoms with van der Waals surface area (Å²) in [4.78, 5) is 30.6. The fraction of sp³-hybridized carbons (Fsp3) is 0.350. The summed E-state index contributed by atoms with van der Waals surface area (Å²) in [7, 11) is 0. The van der Waals surface area contributed by atoms with Crippen LogP contribution in [0.3, 0.4) is 0 Å². The number of carbonyl (C=O) groups excluding carboxylic acids is 1. The lowest BCUT2D eigenvalue weighted by atomic mass is 10.2. The molecule has 0 bridgehead atoms. The van der Waals surface area contributed by atoms with E-state index in [1.807, 2.05) is 18.4 Å². The minimum atomic E-state index is -0.153. The molecule has 8 heteroatoms. The maximum atomic E-state index is 13.2. The zero-order chi connectivity index (χ0) is 20.1. The first kappa shape index (κ1) is 20.4. The predicted octanol–water partition coefficient (Wildman–Crippen LogP) is 4.30. The van der Waals surface area contributed by atoms with Gasteiger partial charge in [-0.25, -0.2) is 4.98 Å². The van der Waals surface area contributed by atoms with E-state index in [9.17, 15) is 9.59 Å².